The predicted molar refractivity (Wildman–Crippen MR) is 98.0 cm³/mol. The van der Waals surface area contributed by atoms with Gasteiger partial charge in [-0.1, -0.05) is 26.0 Å². The number of halogens is 2. The van der Waals surface area contributed by atoms with Gasteiger partial charge in [0.2, 0.25) is 11.8 Å². The molecule has 0 bridgehead atoms. The van der Waals surface area contributed by atoms with Gasteiger partial charge >= 0.3 is 0 Å². The van der Waals surface area contributed by atoms with Crippen LogP contribution in [0.4, 0.5) is 20.2 Å². The van der Waals surface area contributed by atoms with Crippen molar-refractivity contribution in [1.82, 2.24) is 0 Å². The lowest BCUT2D eigenvalue weighted by molar-refractivity contribution is -0.119. The van der Waals surface area contributed by atoms with Crippen LogP contribution in [0.15, 0.2) is 36.4 Å². The van der Waals surface area contributed by atoms with Gasteiger partial charge in [-0.05, 0) is 48.7 Å². The van der Waals surface area contributed by atoms with Crippen molar-refractivity contribution in [3.8, 4) is 0 Å². The van der Waals surface area contributed by atoms with E-state index in [4.69, 9.17) is 0 Å². The minimum Gasteiger partial charge on any atom is -0.326 e. The van der Waals surface area contributed by atoms with Gasteiger partial charge in [0, 0.05) is 23.7 Å². The van der Waals surface area contributed by atoms with Crippen molar-refractivity contribution >= 4 is 23.2 Å². The normalized spacial score (nSPS) is 10.7. The average Bonchev–Trinajstić information content (AvgIpc) is 2.58. The second-order valence-electron chi connectivity index (χ2n) is 6.47. The van der Waals surface area contributed by atoms with Crippen LogP contribution in [0.25, 0.3) is 0 Å². The summed E-state index contributed by atoms with van der Waals surface area (Å²) in [5.41, 5.74) is 2.61. The highest BCUT2D eigenvalue weighted by atomic mass is 19.2. The summed E-state index contributed by atoms with van der Waals surface area (Å²) in [7, 11) is 0. The van der Waals surface area contributed by atoms with E-state index < -0.39 is 11.6 Å². The Hall–Kier alpha value is -2.76. The zero-order valence-corrected chi connectivity index (χ0v) is 15.0. The number of carbonyl (C=O) groups excluding carboxylic acids is 2. The van der Waals surface area contributed by atoms with Crippen LogP contribution >= 0.6 is 0 Å². The number of nitrogens with one attached hydrogen (secondary N) is 2. The Bertz CT molecular complexity index is 819. The Balaban J connectivity index is 1.99. The largest absolute Gasteiger partial charge is 0.326 e. The zero-order valence-electron chi connectivity index (χ0n) is 15.0. The van der Waals surface area contributed by atoms with Gasteiger partial charge in [0.25, 0.3) is 0 Å². The molecule has 0 unspecified atom stereocenters. The van der Waals surface area contributed by atoms with E-state index in [9.17, 15) is 18.4 Å². The van der Waals surface area contributed by atoms with Gasteiger partial charge in [-0.25, -0.2) is 8.78 Å². The molecule has 0 aliphatic rings. The SMILES string of the molecule is Cc1ccc(NC(=O)C(C)C)cc1NC(=O)CCc1ccc(F)c(F)c1. The van der Waals surface area contributed by atoms with Crippen LogP contribution in [-0.2, 0) is 16.0 Å². The van der Waals surface area contributed by atoms with Crippen LogP contribution in [0.3, 0.4) is 0 Å². The van der Waals surface area contributed by atoms with Gasteiger partial charge in [0.05, 0.1) is 0 Å². The lowest BCUT2D eigenvalue weighted by Gasteiger charge is -2.12. The fourth-order valence-corrected chi connectivity index (χ4v) is 2.29. The molecule has 0 radical (unpaired) electrons. The molecule has 2 rings (SSSR count). The molecule has 0 spiro atoms. The number of amides is 2. The van der Waals surface area contributed by atoms with E-state index >= 15 is 0 Å². The van der Waals surface area contributed by atoms with Gasteiger partial charge in [0.15, 0.2) is 11.6 Å². The summed E-state index contributed by atoms with van der Waals surface area (Å²) in [6.07, 6.45) is 0.430. The highest BCUT2D eigenvalue weighted by Gasteiger charge is 2.11. The van der Waals surface area contributed by atoms with Crippen LogP contribution in [-0.4, -0.2) is 11.8 Å². The summed E-state index contributed by atoms with van der Waals surface area (Å²) >= 11 is 0. The van der Waals surface area contributed by atoms with E-state index in [-0.39, 0.29) is 24.2 Å². The molecule has 2 aromatic rings. The third-order valence-electron chi connectivity index (χ3n) is 3.93. The Morgan fingerprint density at radius 1 is 1.00 bits per heavy atom. The van der Waals surface area contributed by atoms with Crippen molar-refractivity contribution < 1.29 is 18.4 Å². The van der Waals surface area contributed by atoms with Gasteiger partial charge in [-0.3, -0.25) is 9.59 Å². The summed E-state index contributed by atoms with van der Waals surface area (Å²) in [5, 5.41) is 5.58. The molecule has 0 fully saturated rings. The molecule has 4 nitrogen and oxygen atoms in total. The maximum Gasteiger partial charge on any atom is 0.226 e. The van der Waals surface area contributed by atoms with E-state index in [0.717, 1.165) is 17.7 Å². The molecule has 2 N–H and O–H groups in total. The third-order valence-corrected chi connectivity index (χ3v) is 3.93. The monoisotopic (exact) mass is 360 g/mol. The second-order valence-corrected chi connectivity index (χ2v) is 6.47. The Morgan fingerprint density at radius 3 is 2.38 bits per heavy atom. The molecule has 0 aliphatic carbocycles. The summed E-state index contributed by atoms with van der Waals surface area (Å²) in [5.74, 6) is -2.33. The van der Waals surface area contributed by atoms with Crippen LogP contribution in [0.2, 0.25) is 0 Å². The Morgan fingerprint density at radius 2 is 1.73 bits per heavy atom. The minimum atomic E-state index is -0.924. The molecule has 6 heteroatoms. The first-order valence-corrected chi connectivity index (χ1v) is 8.41. The van der Waals surface area contributed by atoms with Crippen molar-refractivity contribution in [3.05, 3.63) is 59.2 Å². The number of rotatable bonds is 6. The Labute approximate surface area is 151 Å². The number of carbonyl (C=O) groups is 2. The molecule has 2 amide bonds. The molecular weight excluding hydrogens is 338 g/mol. The van der Waals surface area contributed by atoms with E-state index in [2.05, 4.69) is 10.6 Å². The predicted octanol–water partition coefficient (Wildman–Crippen LogP) is 4.44. The van der Waals surface area contributed by atoms with E-state index in [1.54, 1.807) is 32.0 Å². The quantitative estimate of drug-likeness (QED) is 0.800. The molecule has 0 atom stereocenters. The first-order valence-electron chi connectivity index (χ1n) is 8.41. The van der Waals surface area contributed by atoms with Gasteiger partial charge in [-0.2, -0.15) is 0 Å². The average molecular weight is 360 g/mol. The van der Waals surface area contributed by atoms with Crippen LogP contribution in [0.5, 0.6) is 0 Å². The van der Waals surface area contributed by atoms with Crippen molar-refractivity contribution in [2.45, 2.75) is 33.6 Å². The van der Waals surface area contributed by atoms with Crippen LogP contribution in [0.1, 0.15) is 31.4 Å². The van der Waals surface area contributed by atoms with Crippen molar-refractivity contribution in [2.75, 3.05) is 10.6 Å². The van der Waals surface area contributed by atoms with Gasteiger partial charge in [0.1, 0.15) is 0 Å². The zero-order chi connectivity index (χ0) is 19.3. The molecule has 0 aliphatic heterocycles. The maximum atomic E-state index is 13.2. The van der Waals surface area contributed by atoms with E-state index in [0.29, 0.717) is 23.4 Å². The topological polar surface area (TPSA) is 58.2 Å². The fourth-order valence-electron chi connectivity index (χ4n) is 2.29. The maximum absolute atomic E-state index is 13.2. The fraction of sp³-hybridized carbons (Fsp3) is 0.300. The summed E-state index contributed by atoms with van der Waals surface area (Å²) in [6, 6.07) is 8.88. The molecule has 0 aromatic heterocycles. The number of aryl methyl sites for hydroxylation is 2. The molecule has 26 heavy (non-hydrogen) atoms. The molecule has 0 saturated carbocycles. The third kappa shape index (κ3) is 5.37. The summed E-state index contributed by atoms with van der Waals surface area (Å²) in [4.78, 5) is 24.0. The number of hydrogen-bond acceptors (Lipinski definition) is 2. The standard InChI is InChI=1S/C20H22F2N2O2/c1-12(2)20(26)23-15-7-4-13(3)18(11-15)24-19(25)9-6-14-5-8-16(21)17(22)10-14/h4-5,7-8,10-12H,6,9H2,1-3H3,(H,23,26)(H,24,25). The van der Waals surface area contributed by atoms with Crippen molar-refractivity contribution in [1.29, 1.82) is 0 Å². The Kier molecular flexibility index (Phi) is 6.44. The molecular formula is C20H22F2N2O2. The summed E-state index contributed by atoms with van der Waals surface area (Å²) < 4.78 is 26.1. The van der Waals surface area contributed by atoms with E-state index in [1.807, 2.05) is 6.92 Å². The van der Waals surface area contributed by atoms with Crippen molar-refractivity contribution in [3.63, 3.8) is 0 Å². The number of anilines is 2. The molecule has 2 aromatic carbocycles. The van der Waals surface area contributed by atoms with Gasteiger partial charge < -0.3 is 10.6 Å². The van der Waals surface area contributed by atoms with E-state index in [1.165, 1.54) is 6.07 Å². The minimum absolute atomic E-state index is 0.107. The van der Waals surface area contributed by atoms with Crippen LogP contribution < -0.4 is 10.6 Å². The smallest absolute Gasteiger partial charge is 0.226 e. The second kappa shape index (κ2) is 8.56. The molecule has 138 valence electrons. The molecule has 0 saturated heterocycles. The van der Waals surface area contributed by atoms with Crippen LogP contribution in [0, 0.1) is 24.5 Å². The number of hydrogen-bond donors (Lipinski definition) is 2. The lowest BCUT2D eigenvalue weighted by Crippen LogP contribution is -2.18. The van der Waals surface area contributed by atoms with Gasteiger partial charge in [-0.15, -0.1) is 0 Å². The molecule has 0 heterocycles. The summed E-state index contributed by atoms with van der Waals surface area (Å²) in [6.45, 7) is 5.44. The first kappa shape index (κ1) is 19.6. The number of benzene rings is 2. The lowest BCUT2D eigenvalue weighted by atomic mass is 10.1. The highest BCUT2D eigenvalue weighted by molar-refractivity contribution is 5.95. The first-order chi connectivity index (χ1) is 12.3. The highest BCUT2D eigenvalue weighted by Crippen LogP contribution is 2.21. The van der Waals surface area contributed by atoms with Crippen molar-refractivity contribution in [2.24, 2.45) is 5.92 Å².